The zero-order chi connectivity index (χ0) is 17.9. The molecule has 0 bridgehead atoms. The molecule has 2 aromatic carbocycles. The minimum atomic E-state index is -2.82. The van der Waals surface area contributed by atoms with Gasteiger partial charge in [-0.2, -0.15) is 19.0 Å². The lowest BCUT2D eigenvalue weighted by Crippen LogP contribution is -2.01. The Hall–Kier alpha value is -2.56. The fraction of sp³-hybridized carbons (Fsp3) is 0.300. The maximum absolute atomic E-state index is 12.1. The molecule has 3 nitrogen and oxygen atoms in total. The molecule has 132 valence electrons. The minimum absolute atomic E-state index is 0.120. The second kappa shape index (κ2) is 10.3. The van der Waals surface area contributed by atoms with Gasteiger partial charge in [-0.05, 0) is 53.8 Å². The highest BCUT2D eigenvalue weighted by Crippen LogP contribution is 2.14. The van der Waals surface area contributed by atoms with E-state index in [1.807, 2.05) is 12.1 Å². The van der Waals surface area contributed by atoms with Gasteiger partial charge in [0.1, 0.15) is 5.75 Å². The smallest absolute Gasteiger partial charge is 0.387 e. The molecule has 5 heteroatoms. The fourth-order valence-corrected chi connectivity index (χ4v) is 2.28. The molecule has 0 saturated carbocycles. The van der Waals surface area contributed by atoms with Crippen LogP contribution in [0.5, 0.6) is 5.75 Å². The molecule has 0 fully saturated rings. The number of alkyl halides is 2. The van der Waals surface area contributed by atoms with Crippen molar-refractivity contribution < 1.29 is 13.5 Å². The lowest BCUT2D eigenvalue weighted by atomic mass is 10.1. The number of rotatable bonds is 9. The Labute approximate surface area is 147 Å². The predicted molar refractivity (Wildman–Crippen MR) is 97.9 cm³/mol. The molecule has 2 aromatic rings. The molecular formula is C20H22F2N2O. The molecular weight excluding hydrogens is 322 g/mol. The van der Waals surface area contributed by atoms with E-state index in [2.05, 4.69) is 34.0 Å². The van der Waals surface area contributed by atoms with Gasteiger partial charge in [0.2, 0.25) is 0 Å². The Kier molecular flexibility index (Phi) is 7.76. The van der Waals surface area contributed by atoms with Crippen LogP contribution in [0.3, 0.4) is 0 Å². The third kappa shape index (κ3) is 7.25. The summed E-state index contributed by atoms with van der Waals surface area (Å²) in [6, 6.07) is 14.5. The number of hydrogen-bond acceptors (Lipinski definition) is 3. The van der Waals surface area contributed by atoms with Gasteiger partial charge in [-0.1, -0.05) is 44.0 Å². The molecule has 0 N–H and O–H groups in total. The van der Waals surface area contributed by atoms with E-state index in [-0.39, 0.29) is 5.75 Å². The molecule has 0 aliphatic rings. The van der Waals surface area contributed by atoms with Gasteiger partial charge in [-0.15, -0.1) is 0 Å². The van der Waals surface area contributed by atoms with Gasteiger partial charge in [-0.3, -0.25) is 0 Å². The van der Waals surface area contributed by atoms with Crippen molar-refractivity contribution in [3.8, 4) is 5.75 Å². The lowest BCUT2D eigenvalue weighted by Gasteiger charge is -2.03. The first kappa shape index (κ1) is 18.8. The number of ether oxygens (including phenoxy) is 1. The van der Waals surface area contributed by atoms with E-state index in [9.17, 15) is 8.78 Å². The molecule has 0 heterocycles. The molecule has 2 rings (SSSR count). The second-order valence-corrected chi connectivity index (χ2v) is 5.64. The SMILES string of the molecule is CCCCCc1ccc(C=NN=Cc2ccc(OC(F)F)cc2)cc1. The highest BCUT2D eigenvalue weighted by Gasteiger charge is 2.02. The van der Waals surface area contributed by atoms with Crippen molar-refractivity contribution in [3.05, 3.63) is 65.2 Å². The maximum Gasteiger partial charge on any atom is 0.387 e. The van der Waals surface area contributed by atoms with Crippen molar-refractivity contribution in [3.63, 3.8) is 0 Å². The number of hydrogen-bond donors (Lipinski definition) is 0. The zero-order valence-electron chi connectivity index (χ0n) is 14.2. The second-order valence-electron chi connectivity index (χ2n) is 5.64. The summed E-state index contributed by atoms with van der Waals surface area (Å²) in [7, 11) is 0. The minimum Gasteiger partial charge on any atom is -0.435 e. The summed E-state index contributed by atoms with van der Waals surface area (Å²) in [5, 5.41) is 7.97. The fourth-order valence-electron chi connectivity index (χ4n) is 2.28. The molecule has 0 aliphatic heterocycles. The van der Waals surface area contributed by atoms with Gasteiger partial charge < -0.3 is 4.74 Å². The summed E-state index contributed by atoms with van der Waals surface area (Å²) >= 11 is 0. The normalized spacial score (nSPS) is 11.7. The molecule has 0 unspecified atom stereocenters. The summed E-state index contributed by atoms with van der Waals surface area (Å²) in [6.07, 6.45) is 8.05. The lowest BCUT2D eigenvalue weighted by molar-refractivity contribution is -0.0498. The Bertz CT molecular complexity index is 680. The van der Waals surface area contributed by atoms with E-state index in [1.54, 1.807) is 24.6 Å². The standard InChI is InChI=1S/C20H22F2N2O/c1-2-3-4-5-16-6-8-17(9-7-16)14-23-24-15-18-10-12-19(13-11-18)25-20(21)22/h6-15,20H,2-5H2,1H3. The highest BCUT2D eigenvalue weighted by atomic mass is 19.3. The van der Waals surface area contributed by atoms with Crippen molar-refractivity contribution >= 4 is 12.4 Å². The highest BCUT2D eigenvalue weighted by molar-refractivity contribution is 5.82. The van der Waals surface area contributed by atoms with Gasteiger partial charge in [0.05, 0.1) is 12.4 Å². The first-order chi connectivity index (χ1) is 12.2. The van der Waals surface area contributed by atoms with Crippen LogP contribution in [0.2, 0.25) is 0 Å². The third-order valence-corrected chi connectivity index (χ3v) is 3.63. The first-order valence-electron chi connectivity index (χ1n) is 8.37. The van der Waals surface area contributed by atoms with Crippen LogP contribution in [0.15, 0.2) is 58.7 Å². The number of halogens is 2. The molecule has 25 heavy (non-hydrogen) atoms. The number of aryl methyl sites for hydroxylation is 1. The molecule has 0 atom stereocenters. The summed E-state index contributed by atoms with van der Waals surface area (Å²) in [4.78, 5) is 0. The summed E-state index contributed by atoms with van der Waals surface area (Å²) in [5.41, 5.74) is 3.07. The summed E-state index contributed by atoms with van der Waals surface area (Å²) in [6.45, 7) is -0.617. The van der Waals surface area contributed by atoms with Crippen LogP contribution >= 0.6 is 0 Å². The van der Waals surface area contributed by atoms with E-state index < -0.39 is 6.61 Å². The Morgan fingerprint density at radius 3 is 1.96 bits per heavy atom. The van der Waals surface area contributed by atoms with Crippen molar-refractivity contribution in [2.75, 3.05) is 0 Å². The largest absolute Gasteiger partial charge is 0.435 e. The average molecular weight is 344 g/mol. The van der Waals surface area contributed by atoms with E-state index >= 15 is 0 Å². The number of unbranched alkanes of at least 4 members (excludes halogenated alkanes) is 2. The predicted octanol–water partition coefficient (Wildman–Crippen LogP) is 5.47. The molecule has 0 radical (unpaired) electrons. The van der Waals surface area contributed by atoms with Crippen molar-refractivity contribution in [2.45, 2.75) is 39.2 Å². The quantitative estimate of drug-likeness (QED) is 0.337. The Morgan fingerprint density at radius 1 is 0.880 bits per heavy atom. The van der Waals surface area contributed by atoms with Gasteiger partial charge in [0.15, 0.2) is 0 Å². The van der Waals surface area contributed by atoms with Crippen molar-refractivity contribution in [1.29, 1.82) is 0 Å². The molecule has 0 aliphatic carbocycles. The first-order valence-corrected chi connectivity index (χ1v) is 8.37. The van der Waals surface area contributed by atoms with Gasteiger partial charge in [0, 0.05) is 0 Å². The monoisotopic (exact) mass is 344 g/mol. The molecule has 0 saturated heterocycles. The van der Waals surface area contributed by atoms with E-state index in [1.165, 1.54) is 37.0 Å². The topological polar surface area (TPSA) is 34.0 Å². The van der Waals surface area contributed by atoms with Crippen LogP contribution in [0, 0.1) is 0 Å². The van der Waals surface area contributed by atoms with E-state index in [0.29, 0.717) is 0 Å². The van der Waals surface area contributed by atoms with Crippen LogP contribution in [0.1, 0.15) is 42.9 Å². The molecule has 0 aromatic heterocycles. The molecule has 0 amide bonds. The van der Waals surface area contributed by atoms with Gasteiger partial charge >= 0.3 is 6.61 Å². The van der Waals surface area contributed by atoms with Crippen molar-refractivity contribution in [1.82, 2.24) is 0 Å². The Balaban J connectivity index is 1.84. The van der Waals surface area contributed by atoms with Gasteiger partial charge in [0.25, 0.3) is 0 Å². The summed E-state index contributed by atoms with van der Waals surface area (Å²) < 4.78 is 28.4. The van der Waals surface area contributed by atoms with E-state index in [4.69, 9.17) is 0 Å². The molecule has 0 spiro atoms. The number of nitrogens with zero attached hydrogens (tertiary/aromatic N) is 2. The third-order valence-electron chi connectivity index (χ3n) is 3.63. The van der Waals surface area contributed by atoms with Crippen molar-refractivity contribution in [2.24, 2.45) is 10.2 Å². The van der Waals surface area contributed by atoms with Crippen LogP contribution in [-0.2, 0) is 6.42 Å². The summed E-state index contributed by atoms with van der Waals surface area (Å²) in [5.74, 6) is 0.120. The van der Waals surface area contributed by atoms with Crippen LogP contribution in [0.25, 0.3) is 0 Å². The van der Waals surface area contributed by atoms with Crippen LogP contribution in [-0.4, -0.2) is 19.0 Å². The van der Waals surface area contributed by atoms with Crippen LogP contribution < -0.4 is 4.74 Å². The number of benzene rings is 2. The maximum atomic E-state index is 12.1. The van der Waals surface area contributed by atoms with Crippen LogP contribution in [0.4, 0.5) is 8.78 Å². The van der Waals surface area contributed by atoms with E-state index in [0.717, 1.165) is 17.5 Å². The average Bonchev–Trinajstić information content (AvgIpc) is 2.61. The zero-order valence-corrected chi connectivity index (χ0v) is 14.2. The Morgan fingerprint density at radius 2 is 1.44 bits per heavy atom. The van der Waals surface area contributed by atoms with Gasteiger partial charge in [-0.25, -0.2) is 0 Å².